The Balaban J connectivity index is 1.94. The molecule has 0 unspecified atom stereocenters. The Labute approximate surface area is 163 Å². The highest BCUT2D eigenvalue weighted by atomic mass is 16.5. The third-order valence-electron chi connectivity index (χ3n) is 3.75. The van der Waals surface area contributed by atoms with Gasteiger partial charge in [0.2, 0.25) is 5.91 Å². The van der Waals surface area contributed by atoms with Gasteiger partial charge in [0.15, 0.2) is 5.76 Å². The van der Waals surface area contributed by atoms with Crippen LogP contribution in [0.1, 0.15) is 21.9 Å². The van der Waals surface area contributed by atoms with Crippen LogP contribution in [0.3, 0.4) is 0 Å². The third-order valence-corrected chi connectivity index (χ3v) is 3.75. The van der Waals surface area contributed by atoms with Crippen LogP contribution in [0.4, 0.5) is 16.2 Å². The molecule has 0 aliphatic carbocycles. The van der Waals surface area contributed by atoms with Crippen LogP contribution in [-0.2, 0) is 16.1 Å². The summed E-state index contributed by atoms with van der Waals surface area (Å²) in [5, 5.41) is 8.06. The lowest BCUT2D eigenvalue weighted by molar-refractivity contribution is -0.119. The summed E-state index contributed by atoms with van der Waals surface area (Å²) < 4.78 is 10.2. The van der Waals surface area contributed by atoms with Gasteiger partial charge < -0.3 is 30.0 Å². The number of aryl methyl sites for hydroxylation is 1. The predicted molar refractivity (Wildman–Crippen MR) is 104 cm³/mol. The average Bonchev–Trinajstić information content (AvgIpc) is 3.11. The minimum atomic E-state index is -0.444. The SMILES string of the molecule is COCC(=O)Nc1ccc(C)c(NC(=O)NCc2ccc(C(=O)N(C)C)o2)c1. The Morgan fingerprint density at radius 2 is 1.86 bits per heavy atom. The number of rotatable bonds is 7. The van der Waals surface area contributed by atoms with E-state index in [1.807, 2.05) is 6.92 Å². The molecule has 0 atom stereocenters. The summed E-state index contributed by atoms with van der Waals surface area (Å²) >= 11 is 0. The molecule has 150 valence electrons. The van der Waals surface area contributed by atoms with Crippen molar-refractivity contribution in [1.29, 1.82) is 0 Å². The first-order valence-electron chi connectivity index (χ1n) is 8.54. The van der Waals surface area contributed by atoms with Gasteiger partial charge >= 0.3 is 6.03 Å². The van der Waals surface area contributed by atoms with E-state index in [1.165, 1.54) is 12.0 Å². The molecule has 2 aromatic rings. The van der Waals surface area contributed by atoms with Gasteiger partial charge in [-0.25, -0.2) is 4.79 Å². The Hall–Kier alpha value is -3.33. The fourth-order valence-electron chi connectivity index (χ4n) is 2.30. The van der Waals surface area contributed by atoms with E-state index in [2.05, 4.69) is 16.0 Å². The zero-order valence-electron chi connectivity index (χ0n) is 16.3. The molecule has 28 heavy (non-hydrogen) atoms. The normalized spacial score (nSPS) is 10.3. The molecule has 0 aliphatic rings. The minimum absolute atomic E-state index is 0.0570. The Morgan fingerprint density at radius 1 is 1.11 bits per heavy atom. The number of nitrogens with one attached hydrogen (secondary N) is 3. The number of nitrogens with zero attached hydrogens (tertiary/aromatic N) is 1. The Morgan fingerprint density at radius 3 is 2.54 bits per heavy atom. The molecule has 0 saturated heterocycles. The topological polar surface area (TPSA) is 113 Å². The molecule has 3 N–H and O–H groups in total. The van der Waals surface area contributed by atoms with E-state index >= 15 is 0 Å². The van der Waals surface area contributed by atoms with Crippen LogP contribution in [-0.4, -0.2) is 50.6 Å². The highest BCUT2D eigenvalue weighted by molar-refractivity contribution is 5.94. The first kappa shape index (κ1) is 21.0. The Kier molecular flexibility index (Phi) is 7.16. The molecule has 1 aromatic carbocycles. The molecule has 2 rings (SSSR count). The first-order chi connectivity index (χ1) is 13.3. The molecule has 0 radical (unpaired) electrons. The monoisotopic (exact) mass is 388 g/mol. The van der Waals surface area contributed by atoms with E-state index in [0.29, 0.717) is 17.1 Å². The van der Waals surface area contributed by atoms with Gasteiger partial charge in [0.25, 0.3) is 5.91 Å². The van der Waals surface area contributed by atoms with E-state index in [4.69, 9.17) is 9.15 Å². The van der Waals surface area contributed by atoms with Crippen molar-refractivity contribution in [2.75, 3.05) is 38.4 Å². The second-order valence-electron chi connectivity index (χ2n) is 6.28. The molecule has 0 aliphatic heterocycles. The third kappa shape index (κ3) is 5.85. The molecule has 9 nitrogen and oxygen atoms in total. The van der Waals surface area contributed by atoms with Crippen molar-refractivity contribution in [2.45, 2.75) is 13.5 Å². The zero-order chi connectivity index (χ0) is 20.7. The van der Waals surface area contributed by atoms with Gasteiger partial charge in [0, 0.05) is 32.6 Å². The number of methoxy groups -OCH3 is 1. The summed E-state index contributed by atoms with van der Waals surface area (Å²) in [5.41, 5.74) is 1.92. The molecule has 0 fully saturated rings. The maximum absolute atomic E-state index is 12.2. The van der Waals surface area contributed by atoms with E-state index in [0.717, 1.165) is 5.56 Å². The molecule has 1 aromatic heterocycles. The number of hydrogen-bond donors (Lipinski definition) is 3. The number of hydrogen-bond acceptors (Lipinski definition) is 5. The summed E-state index contributed by atoms with van der Waals surface area (Å²) in [5.74, 6) is 0.122. The van der Waals surface area contributed by atoms with Gasteiger partial charge in [-0.2, -0.15) is 0 Å². The predicted octanol–water partition coefficient (Wildman–Crippen LogP) is 2.20. The molecular weight excluding hydrogens is 364 g/mol. The maximum Gasteiger partial charge on any atom is 0.319 e. The number of ether oxygens (including phenoxy) is 1. The summed E-state index contributed by atoms with van der Waals surface area (Å²) in [7, 11) is 4.69. The van der Waals surface area contributed by atoms with Gasteiger partial charge in [-0.15, -0.1) is 0 Å². The summed E-state index contributed by atoms with van der Waals surface area (Å²) in [6, 6.07) is 7.92. The highest BCUT2D eigenvalue weighted by Crippen LogP contribution is 2.20. The second-order valence-corrected chi connectivity index (χ2v) is 6.28. The number of anilines is 2. The van der Waals surface area contributed by atoms with E-state index < -0.39 is 6.03 Å². The van der Waals surface area contributed by atoms with Crippen molar-refractivity contribution in [1.82, 2.24) is 10.2 Å². The maximum atomic E-state index is 12.2. The number of amides is 4. The molecular formula is C19H24N4O5. The van der Waals surface area contributed by atoms with Crippen LogP contribution in [0, 0.1) is 6.92 Å². The lowest BCUT2D eigenvalue weighted by Crippen LogP contribution is -2.28. The van der Waals surface area contributed by atoms with Gasteiger partial charge in [-0.05, 0) is 36.8 Å². The number of urea groups is 1. The molecule has 9 heteroatoms. The van der Waals surface area contributed by atoms with Crippen LogP contribution < -0.4 is 16.0 Å². The Bertz CT molecular complexity index is 860. The van der Waals surface area contributed by atoms with Gasteiger partial charge in [-0.3, -0.25) is 9.59 Å². The smallest absolute Gasteiger partial charge is 0.319 e. The van der Waals surface area contributed by atoms with Crippen LogP contribution in [0.5, 0.6) is 0 Å². The number of carbonyl (C=O) groups is 3. The summed E-state index contributed by atoms with van der Waals surface area (Å²) in [6.07, 6.45) is 0. The molecule has 4 amide bonds. The molecule has 0 bridgehead atoms. The number of carbonyl (C=O) groups excluding carboxylic acids is 3. The summed E-state index contributed by atoms with van der Waals surface area (Å²) in [6.45, 7) is 1.90. The van der Waals surface area contributed by atoms with Crippen LogP contribution in [0.15, 0.2) is 34.7 Å². The quantitative estimate of drug-likeness (QED) is 0.673. The molecule has 0 spiro atoms. The van der Waals surface area contributed by atoms with Crippen molar-refractivity contribution in [2.24, 2.45) is 0 Å². The fraction of sp³-hybridized carbons (Fsp3) is 0.316. The number of benzene rings is 1. The van der Waals surface area contributed by atoms with E-state index in [1.54, 1.807) is 44.4 Å². The van der Waals surface area contributed by atoms with E-state index in [9.17, 15) is 14.4 Å². The zero-order valence-corrected chi connectivity index (χ0v) is 16.3. The van der Waals surface area contributed by atoms with Crippen LogP contribution >= 0.6 is 0 Å². The standard InChI is InChI=1S/C19H24N4O5/c1-12-5-6-13(21-17(24)11-27-4)9-15(12)22-19(26)20-10-14-7-8-16(28-14)18(25)23(2)3/h5-9H,10-11H2,1-4H3,(H,21,24)(H2,20,22,26). The van der Waals surface area contributed by atoms with Crippen molar-refractivity contribution in [3.05, 3.63) is 47.4 Å². The van der Waals surface area contributed by atoms with Gasteiger partial charge in [0.1, 0.15) is 12.4 Å². The highest BCUT2D eigenvalue weighted by Gasteiger charge is 2.13. The van der Waals surface area contributed by atoms with E-state index in [-0.39, 0.29) is 30.7 Å². The fourth-order valence-corrected chi connectivity index (χ4v) is 2.30. The summed E-state index contributed by atoms with van der Waals surface area (Å²) in [4.78, 5) is 37.0. The van der Waals surface area contributed by atoms with Crippen molar-refractivity contribution in [3.8, 4) is 0 Å². The second kappa shape index (κ2) is 9.56. The largest absolute Gasteiger partial charge is 0.454 e. The average molecular weight is 388 g/mol. The van der Waals surface area contributed by atoms with Gasteiger partial charge in [-0.1, -0.05) is 6.07 Å². The first-order valence-corrected chi connectivity index (χ1v) is 8.54. The van der Waals surface area contributed by atoms with Gasteiger partial charge in [0.05, 0.1) is 6.54 Å². The van der Waals surface area contributed by atoms with Crippen molar-refractivity contribution < 1.29 is 23.5 Å². The van der Waals surface area contributed by atoms with Crippen LogP contribution in [0.25, 0.3) is 0 Å². The minimum Gasteiger partial charge on any atom is -0.454 e. The van der Waals surface area contributed by atoms with Crippen molar-refractivity contribution in [3.63, 3.8) is 0 Å². The number of furan rings is 1. The lowest BCUT2D eigenvalue weighted by atomic mass is 10.2. The van der Waals surface area contributed by atoms with Crippen molar-refractivity contribution >= 4 is 29.2 Å². The van der Waals surface area contributed by atoms with Crippen LogP contribution in [0.2, 0.25) is 0 Å². The molecule has 0 saturated carbocycles. The molecule has 1 heterocycles. The lowest BCUT2D eigenvalue weighted by Gasteiger charge is -2.12.